The predicted molar refractivity (Wildman–Crippen MR) is 87.5 cm³/mol. The minimum Gasteiger partial charge on any atom is -0.458 e. The monoisotopic (exact) mass is 306 g/mol. The van der Waals surface area contributed by atoms with E-state index in [0.29, 0.717) is 22.3 Å². The van der Waals surface area contributed by atoms with E-state index in [1.165, 1.54) is 6.07 Å². The van der Waals surface area contributed by atoms with Crippen molar-refractivity contribution in [3.05, 3.63) is 81.9 Å². The Balaban J connectivity index is 1.94. The van der Waals surface area contributed by atoms with Crippen molar-refractivity contribution in [3.8, 4) is 0 Å². The first kappa shape index (κ1) is 13.8. The molecule has 114 valence electrons. The SMILES string of the molecule is Cc1cc(=O)oc2c1ccc1oc(C(O)c3ccccc3)cc12. The molecule has 23 heavy (non-hydrogen) atoms. The van der Waals surface area contributed by atoms with Gasteiger partial charge >= 0.3 is 5.63 Å². The summed E-state index contributed by atoms with van der Waals surface area (Å²) in [6.07, 6.45) is -0.866. The third-order valence-corrected chi connectivity index (χ3v) is 4.02. The summed E-state index contributed by atoms with van der Waals surface area (Å²) in [4.78, 5) is 11.7. The summed E-state index contributed by atoms with van der Waals surface area (Å²) in [5, 5.41) is 12.0. The highest BCUT2D eigenvalue weighted by molar-refractivity contribution is 6.03. The number of hydrogen-bond acceptors (Lipinski definition) is 4. The Bertz CT molecular complexity index is 1060. The molecule has 4 nitrogen and oxygen atoms in total. The molecule has 0 aliphatic carbocycles. The topological polar surface area (TPSA) is 63.6 Å². The van der Waals surface area contributed by atoms with Crippen LogP contribution in [0.15, 0.2) is 68.2 Å². The molecule has 2 aromatic carbocycles. The van der Waals surface area contributed by atoms with Crippen molar-refractivity contribution in [3.63, 3.8) is 0 Å². The van der Waals surface area contributed by atoms with Crippen LogP contribution in [0.4, 0.5) is 0 Å². The van der Waals surface area contributed by atoms with Gasteiger partial charge in [0.1, 0.15) is 23.0 Å². The van der Waals surface area contributed by atoms with Crippen LogP contribution in [-0.2, 0) is 0 Å². The standard InChI is InChI=1S/C19H14O4/c1-11-9-17(20)23-19-13(11)7-8-15-14(19)10-16(22-15)18(21)12-5-3-2-4-6-12/h2-10,18,21H,1H3. The van der Waals surface area contributed by atoms with Gasteiger partial charge in [-0.3, -0.25) is 0 Å². The Morgan fingerprint density at radius 2 is 1.74 bits per heavy atom. The van der Waals surface area contributed by atoms with Crippen molar-refractivity contribution in [2.75, 3.05) is 0 Å². The number of hydrogen-bond donors (Lipinski definition) is 1. The lowest BCUT2D eigenvalue weighted by Crippen LogP contribution is -1.97. The minimum atomic E-state index is -0.866. The third kappa shape index (κ3) is 2.24. The molecule has 2 aromatic heterocycles. The summed E-state index contributed by atoms with van der Waals surface area (Å²) < 4.78 is 11.1. The van der Waals surface area contributed by atoms with Gasteiger partial charge in [-0.05, 0) is 36.2 Å². The van der Waals surface area contributed by atoms with Gasteiger partial charge in [0.2, 0.25) is 0 Å². The third-order valence-electron chi connectivity index (χ3n) is 4.02. The molecular formula is C19H14O4. The normalized spacial score (nSPS) is 12.8. The maximum atomic E-state index is 11.7. The average Bonchev–Trinajstić information content (AvgIpc) is 2.99. The number of aliphatic hydroxyl groups is 1. The molecule has 0 fully saturated rings. The average molecular weight is 306 g/mol. The fourth-order valence-electron chi connectivity index (χ4n) is 2.85. The zero-order valence-electron chi connectivity index (χ0n) is 12.4. The number of benzene rings is 2. The van der Waals surface area contributed by atoms with Crippen molar-refractivity contribution in [2.45, 2.75) is 13.0 Å². The van der Waals surface area contributed by atoms with Crippen molar-refractivity contribution in [2.24, 2.45) is 0 Å². The summed E-state index contributed by atoms with van der Waals surface area (Å²) in [7, 11) is 0. The fourth-order valence-corrected chi connectivity index (χ4v) is 2.85. The fraction of sp³-hybridized carbons (Fsp3) is 0.105. The van der Waals surface area contributed by atoms with Crippen molar-refractivity contribution in [1.82, 2.24) is 0 Å². The van der Waals surface area contributed by atoms with Crippen LogP contribution >= 0.6 is 0 Å². The van der Waals surface area contributed by atoms with Gasteiger partial charge in [0.15, 0.2) is 0 Å². The zero-order valence-corrected chi connectivity index (χ0v) is 12.4. The van der Waals surface area contributed by atoms with E-state index in [2.05, 4.69) is 0 Å². The van der Waals surface area contributed by atoms with Gasteiger partial charge in [-0.1, -0.05) is 30.3 Å². The Morgan fingerprint density at radius 3 is 2.52 bits per heavy atom. The van der Waals surface area contributed by atoms with Crippen LogP contribution in [0.1, 0.15) is 23.0 Å². The molecule has 4 aromatic rings. The van der Waals surface area contributed by atoms with E-state index in [0.717, 1.165) is 16.5 Å². The molecule has 1 atom stereocenters. The number of rotatable bonds is 2. The molecule has 0 radical (unpaired) electrons. The minimum absolute atomic E-state index is 0.395. The lowest BCUT2D eigenvalue weighted by Gasteiger charge is -2.06. The first-order valence-electron chi connectivity index (χ1n) is 7.33. The van der Waals surface area contributed by atoms with Crippen molar-refractivity contribution in [1.29, 1.82) is 0 Å². The van der Waals surface area contributed by atoms with E-state index in [-0.39, 0.29) is 0 Å². The Morgan fingerprint density at radius 1 is 0.957 bits per heavy atom. The zero-order chi connectivity index (χ0) is 16.0. The van der Waals surface area contributed by atoms with Crippen LogP contribution in [0, 0.1) is 6.92 Å². The Kier molecular flexibility index (Phi) is 3.06. The number of fused-ring (bicyclic) bond motifs is 3. The van der Waals surface area contributed by atoms with E-state index in [9.17, 15) is 9.90 Å². The predicted octanol–water partition coefficient (Wildman–Crippen LogP) is 3.93. The Hall–Kier alpha value is -2.85. The second-order valence-corrected chi connectivity index (χ2v) is 5.56. The molecule has 4 heteroatoms. The van der Waals surface area contributed by atoms with E-state index < -0.39 is 11.7 Å². The van der Waals surface area contributed by atoms with Gasteiger partial charge in [0, 0.05) is 11.5 Å². The number of aliphatic hydroxyl groups excluding tert-OH is 1. The molecule has 2 heterocycles. The molecule has 1 N–H and O–H groups in total. The summed E-state index contributed by atoms with van der Waals surface area (Å²) in [6, 6.07) is 16.2. The Labute approximate surface area is 131 Å². The molecule has 0 amide bonds. The van der Waals surface area contributed by atoms with Crippen molar-refractivity contribution < 1.29 is 13.9 Å². The molecule has 0 saturated heterocycles. The van der Waals surface area contributed by atoms with E-state index in [1.807, 2.05) is 49.4 Å². The molecule has 0 aliphatic rings. The van der Waals surface area contributed by atoms with E-state index in [1.54, 1.807) is 6.07 Å². The molecule has 4 rings (SSSR count). The highest BCUT2D eigenvalue weighted by Crippen LogP contribution is 2.32. The summed E-state index contributed by atoms with van der Waals surface area (Å²) in [5.41, 5.74) is 2.27. The van der Waals surface area contributed by atoms with Crippen LogP contribution < -0.4 is 5.63 Å². The van der Waals surface area contributed by atoms with Crippen LogP contribution in [0.2, 0.25) is 0 Å². The summed E-state index contributed by atoms with van der Waals surface area (Å²) in [6.45, 7) is 1.87. The van der Waals surface area contributed by atoms with Crippen LogP contribution in [0.25, 0.3) is 21.9 Å². The number of furan rings is 1. The molecular weight excluding hydrogens is 292 g/mol. The smallest absolute Gasteiger partial charge is 0.336 e. The first-order chi connectivity index (χ1) is 11.1. The molecule has 0 bridgehead atoms. The lowest BCUT2D eigenvalue weighted by molar-refractivity contribution is 0.192. The van der Waals surface area contributed by atoms with Gasteiger partial charge < -0.3 is 13.9 Å². The van der Waals surface area contributed by atoms with Gasteiger partial charge in [-0.25, -0.2) is 4.79 Å². The highest BCUT2D eigenvalue weighted by Gasteiger charge is 2.18. The van der Waals surface area contributed by atoms with Gasteiger partial charge in [0.05, 0.1) is 5.39 Å². The second-order valence-electron chi connectivity index (χ2n) is 5.56. The highest BCUT2D eigenvalue weighted by atomic mass is 16.4. The largest absolute Gasteiger partial charge is 0.458 e. The lowest BCUT2D eigenvalue weighted by atomic mass is 10.1. The van der Waals surface area contributed by atoms with Crippen LogP contribution in [0.5, 0.6) is 0 Å². The van der Waals surface area contributed by atoms with Gasteiger partial charge in [-0.2, -0.15) is 0 Å². The van der Waals surface area contributed by atoms with Gasteiger partial charge in [-0.15, -0.1) is 0 Å². The summed E-state index contributed by atoms with van der Waals surface area (Å²) >= 11 is 0. The molecule has 0 saturated carbocycles. The molecule has 1 unspecified atom stereocenters. The van der Waals surface area contributed by atoms with Crippen molar-refractivity contribution >= 4 is 21.9 Å². The molecule has 0 aliphatic heterocycles. The summed E-state index contributed by atoms with van der Waals surface area (Å²) in [5.74, 6) is 0.419. The maximum absolute atomic E-state index is 11.7. The maximum Gasteiger partial charge on any atom is 0.336 e. The molecule has 0 spiro atoms. The van der Waals surface area contributed by atoms with Gasteiger partial charge in [0.25, 0.3) is 0 Å². The number of aryl methyl sites for hydroxylation is 1. The quantitative estimate of drug-likeness (QED) is 0.570. The first-order valence-corrected chi connectivity index (χ1v) is 7.33. The van der Waals surface area contributed by atoms with E-state index >= 15 is 0 Å². The second kappa shape index (κ2) is 5.11. The van der Waals surface area contributed by atoms with E-state index in [4.69, 9.17) is 8.83 Å². The van der Waals surface area contributed by atoms with Crippen LogP contribution in [-0.4, -0.2) is 5.11 Å². The van der Waals surface area contributed by atoms with Crippen LogP contribution in [0.3, 0.4) is 0 Å².